The molecule has 2 aliphatic carbocycles. The molecule has 12 rings (SSSR count). The van der Waals surface area contributed by atoms with Gasteiger partial charge in [-0.3, -0.25) is 0 Å². The molecule has 2 unspecified atom stereocenters. The number of hydrogen-bond acceptors (Lipinski definition) is 0. The van der Waals surface area contributed by atoms with Crippen LogP contribution in [-0.4, -0.2) is 4.57 Å². The van der Waals surface area contributed by atoms with Crippen LogP contribution in [0.5, 0.6) is 0 Å². The summed E-state index contributed by atoms with van der Waals surface area (Å²) >= 11 is 0. The van der Waals surface area contributed by atoms with Crippen molar-refractivity contribution < 1.29 is 0 Å². The summed E-state index contributed by atoms with van der Waals surface area (Å²) in [6.07, 6.45) is 0.990. The lowest BCUT2D eigenvalue weighted by Gasteiger charge is -2.29. The maximum absolute atomic E-state index is 2.48. The van der Waals surface area contributed by atoms with E-state index in [0.29, 0.717) is 0 Å². The molecule has 0 spiro atoms. The van der Waals surface area contributed by atoms with Gasteiger partial charge in [0.15, 0.2) is 0 Å². The number of nitrogens with zero attached hydrogens (tertiary/aromatic N) is 1. The van der Waals surface area contributed by atoms with Gasteiger partial charge in [-0.2, -0.15) is 0 Å². The highest BCUT2D eigenvalue weighted by Gasteiger charge is 2.31. The van der Waals surface area contributed by atoms with E-state index in [1.165, 1.54) is 105 Å². The number of rotatable bonds is 5. The minimum Gasteiger partial charge on any atom is -0.309 e. The first-order valence-corrected chi connectivity index (χ1v) is 20.5. The van der Waals surface area contributed by atoms with Crippen molar-refractivity contribution in [2.75, 3.05) is 0 Å². The quantitative estimate of drug-likeness (QED) is 0.166. The fourth-order valence-corrected chi connectivity index (χ4v) is 10.4. The Bertz CT molecular complexity index is 3220. The van der Waals surface area contributed by atoms with Crippen molar-refractivity contribution >= 4 is 21.8 Å². The van der Waals surface area contributed by atoms with Gasteiger partial charge in [0.2, 0.25) is 0 Å². The molecular weight excluding hydrogens is 699 g/mol. The zero-order chi connectivity index (χ0) is 38.2. The van der Waals surface area contributed by atoms with Gasteiger partial charge >= 0.3 is 0 Å². The molecule has 58 heavy (non-hydrogen) atoms. The van der Waals surface area contributed by atoms with Crippen molar-refractivity contribution in [2.45, 2.75) is 18.3 Å². The summed E-state index contributed by atoms with van der Waals surface area (Å²) in [6.45, 7) is 0. The van der Waals surface area contributed by atoms with Crippen LogP contribution in [0.3, 0.4) is 0 Å². The molecule has 1 nitrogen and oxygen atoms in total. The molecule has 2 aliphatic rings. The molecule has 0 aliphatic heterocycles. The SMILES string of the molecule is c1ccc(C2c3ccccc3-c3cc(-c4ccccc4-n4c5ccccc5c5cc(-c6ccccc6C6Cc7ccccc7-c7ccccc76)ccc54)ccc32)cc1. The van der Waals surface area contributed by atoms with Gasteiger partial charge in [0, 0.05) is 28.2 Å². The third-order valence-corrected chi connectivity index (χ3v) is 12.9. The first kappa shape index (κ1) is 33.0. The zero-order valence-corrected chi connectivity index (χ0v) is 32.0. The Hall–Kier alpha value is -7.22. The Kier molecular flexibility index (Phi) is 7.50. The predicted molar refractivity (Wildman–Crippen MR) is 242 cm³/mol. The van der Waals surface area contributed by atoms with Gasteiger partial charge in [-0.1, -0.05) is 182 Å². The van der Waals surface area contributed by atoms with Crippen molar-refractivity contribution in [2.24, 2.45) is 0 Å². The highest BCUT2D eigenvalue weighted by molar-refractivity contribution is 6.11. The summed E-state index contributed by atoms with van der Waals surface area (Å²) in [6, 6.07) is 79.1. The molecule has 0 radical (unpaired) electrons. The van der Waals surface area contributed by atoms with Crippen LogP contribution >= 0.6 is 0 Å². The largest absolute Gasteiger partial charge is 0.309 e. The molecule has 0 saturated heterocycles. The lowest BCUT2D eigenvalue weighted by atomic mass is 9.74. The molecule has 0 fully saturated rings. The Morgan fingerprint density at radius 1 is 0.345 bits per heavy atom. The summed E-state index contributed by atoms with van der Waals surface area (Å²) in [7, 11) is 0. The lowest BCUT2D eigenvalue weighted by Crippen LogP contribution is -2.13. The summed E-state index contributed by atoms with van der Waals surface area (Å²) in [5.74, 6) is 0.505. The first-order chi connectivity index (χ1) is 28.8. The molecule has 0 saturated carbocycles. The van der Waals surface area contributed by atoms with Crippen LogP contribution in [0.2, 0.25) is 0 Å². The summed E-state index contributed by atoms with van der Waals surface area (Å²) in [4.78, 5) is 0. The van der Waals surface area contributed by atoms with Gasteiger partial charge < -0.3 is 4.57 Å². The third kappa shape index (κ3) is 5.03. The summed E-state index contributed by atoms with van der Waals surface area (Å²) in [5, 5.41) is 2.53. The average Bonchev–Trinajstić information content (AvgIpc) is 3.81. The Morgan fingerprint density at radius 3 is 1.72 bits per heavy atom. The third-order valence-electron chi connectivity index (χ3n) is 12.9. The smallest absolute Gasteiger partial charge is 0.0541 e. The second kappa shape index (κ2) is 13.2. The minimum atomic E-state index is 0.233. The number of para-hydroxylation sites is 2. The number of fused-ring (bicyclic) bond motifs is 9. The Morgan fingerprint density at radius 2 is 0.897 bits per heavy atom. The summed E-state index contributed by atoms with van der Waals surface area (Å²) in [5.41, 5.74) is 22.3. The van der Waals surface area contributed by atoms with E-state index in [1.807, 2.05) is 0 Å². The van der Waals surface area contributed by atoms with E-state index >= 15 is 0 Å². The van der Waals surface area contributed by atoms with Gasteiger partial charge in [0.1, 0.15) is 0 Å². The molecule has 9 aromatic carbocycles. The number of benzene rings is 9. The van der Waals surface area contributed by atoms with Crippen LogP contribution in [0, 0.1) is 0 Å². The van der Waals surface area contributed by atoms with Gasteiger partial charge in [-0.05, 0) is 109 Å². The molecule has 0 amide bonds. The molecule has 10 aromatic rings. The average molecular weight is 738 g/mol. The van der Waals surface area contributed by atoms with E-state index in [2.05, 4.69) is 217 Å². The Balaban J connectivity index is 0.998. The van der Waals surface area contributed by atoms with Gasteiger partial charge in [0.25, 0.3) is 0 Å². The highest BCUT2D eigenvalue weighted by Crippen LogP contribution is 2.50. The van der Waals surface area contributed by atoms with Crippen molar-refractivity contribution in [1.29, 1.82) is 0 Å². The van der Waals surface area contributed by atoms with Crippen LogP contribution in [0.1, 0.15) is 45.2 Å². The second-order valence-electron chi connectivity index (χ2n) is 15.9. The summed E-state index contributed by atoms with van der Waals surface area (Å²) < 4.78 is 2.48. The van der Waals surface area contributed by atoms with E-state index < -0.39 is 0 Å². The van der Waals surface area contributed by atoms with E-state index in [9.17, 15) is 0 Å². The number of hydrogen-bond donors (Lipinski definition) is 0. The van der Waals surface area contributed by atoms with E-state index in [-0.39, 0.29) is 11.8 Å². The normalized spacial score (nSPS) is 15.2. The van der Waals surface area contributed by atoms with Gasteiger partial charge in [-0.25, -0.2) is 0 Å². The van der Waals surface area contributed by atoms with Gasteiger partial charge in [-0.15, -0.1) is 0 Å². The topological polar surface area (TPSA) is 4.93 Å². The Labute approximate surface area is 339 Å². The van der Waals surface area contributed by atoms with E-state index in [1.54, 1.807) is 0 Å². The maximum Gasteiger partial charge on any atom is 0.0541 e. The first-order valence-electron chi connectivity index (χ1n) is 20.5. The van der Waals surface area contributed by atoms with Crippen molar-refractivity contribution in [3.63, 3.8) is 0 Å². The fraction of sp³-hybridized carbons (Fsp3) is 0.0526. The van der Waals surface area contributed by atoms with Gasteiger partial charge in [0.05, 0.1) is 16.7 Å². The van der Waals surface area contributed by atoms with Crippen LogP contribution < -0.4 is 0 Å². The van der Waals surface area contributed by atoms with Crippen LogP contribution in [0.25, 0.3) is 72.0 Å². The minimum absolute atomic E-state index is 0.233. The van der Waals surface area contributed by atoms with Crippen molar-refractivity contribution in [3.8, 4) is 50.2 Å². The van der Waals surface area contributed by atoms with Crippen molar-refractivity contribution in [1.82, 2.24) is 4.57 Å². The molecule has 1 aromatic heterocycles. The fourth-order valence-electron chi connectivity index (χ4n) is 10.4. The predicted octanol–water partition coefficient (Wildman–Crippen LogP) is 14.6. The molecular formula is C57H39N. The molecule has 0 bridgehead atoms. The molecule has 0 N–H and O–H groups in total. The van der Waals surface area contributed by atoms with Crippen LogP contribution in [0.4, 0.5) is 0 Å². The monoisotopic (exact) mass is 737 g/mol. The van der Waals surface area contributed by atoms with E-state index in [0.717, 1.165) is 6.42 Å². The lowest BCUT2D eigenvalue weighted by molar-refractivity contribution is 0.795. The van der Waals surface area contributed by atoms with Crippen LogP contribution in [0.15, 0.2) is 212 Å². The standard InChI is InChI=1S/C57H39N/c1-2-16-37(17-3-1)57-49-27-11-10-25-47(49)52-35-40(30-32-50(52)57)43-21-12-14-28-54(43)58-55-29-15-13-26-48(55)53-36-39(31-33-56(53)58)42-20-6-7-23-45(42)51-34-38-18-4-5-19-41(38)44-22-8-9-24-46(44)51/h1-33,35-36,51,57H,34H2. The molecule has 2 atom stereocenters. The number of aromatic nitrogens is 1. The van der Waals surface area contributed by atoms with Crippen molar-refractivity contribution in [3.05, 3.63) is 246 Å². The molecule has 1 heteroatoms. The molecule has 1 heterocycles. The second-order valence-corrected chi connectivity index (χ2v) is 15.9. The maximum atomic E-state index is 2.48. The highest BCUT2D eigenvalue weighted by atomic mass is 15.0. The van der Waals surface area contributed by atoms with E-state index in [4.69, 9.17) is 0 Å². The van der Waals surface area contributed by atoms with Crippen LogP contribution in [-0.2, 0) is 6.42 Å². The molecule has 272 valence electrons. The zero-order valence-electron chi connectivity index (χ0n) is 32.0.